The number of ether oxygens (including phenoxy) is 2. The fourth-order valence-corrected chi connectivity index (χ4v) is 6.37. The molecule has 0 aromatic carbocycles. The number of aliphatic hydroxyl groups excluding tert-OH is 3. The number of carbonyl (C=O) groups is 2. The number of rotatable bonds is 40. The van der Waals surface area contributed by atoms with Gasteiger partial charge in [0.2, 0.25) is 0 Å². The molecular weight excluding hydrogens is 842 g/mol. The van der Waals surface area contributed by atoms with Crippen LogP contribution in [-0.4, -0.2) is 95.0 Å². The van der Waals surface area contributed by atoms with Crippen molar-refractivity contribution < 1.29 is 71.4 Å². The second kappa shape index (κ2) is 40.7. The van der Waals surface area contributed by atoms with Gasteiger partial charge in [-0.15, -0.1) is 0 Å². The van der Waals surface area contributed by atoms with Crippen molar-refractivity contribution in [1.82, 2.24) is 0 Å². The van der Waals surface area contributed by atoms with Gasteiger partial charge in [-0.3, -0.25) is 27.7 Å². The maximum atomic E-state index is 12.1. The lowest BCUT2D eigenvalue weighted by atomic mass is 10.1. The van der Waals surface area contributed by atoms with Crippen LogP contribution in [0.4, 0.5) is 0 Å². The van der Waals surface area contributed by atoms with Crippen molar-refractivity contribution in [1.29, 1.82) is 0 Å². The molecule has 15 nitrogen and oxygen atoms in total. The van der Waals surface area contributed by atoms with Crippen molar-refractivity contribution in [3.05, 3.63) is 97.2 Å². The second-order valence-electron chi connectivity index (χ2n) is 14.0. The van der Waals surface area contributed by atoms with Gasteiger partial charge in [-0.05, 0) is 70.6 Å². The van der Waals surface area contributed by atoms with E-state index in [-0.39, 0.29) is 12.8 Å². The lowest BCUT2D eigenvalue weighted by Gasteiger charge is -2.19. The fourth-order valence-electron chi connectivity index (χ4n) is 4.77. The Morgan fingerprint density at radius 1 is 0.435 bits per heavy atom. The number of unbranched alkanes of at least 4 members (excludes halogenated alkanes) is 6. The summed E-state index contributed by atoms with van der Waals surface area (Å²) in [5, 5.41) is 29.9. The van der Waals surface area contributed by atoms with Crippen molar-refractivity contribution in [3.8, 4) is 0 Å². The molecule has 0 rings (SSSR count). The summed E-state index contributed by atoms with van der Waals surface area (Å²) in [6.07, 6.45) is 41.3. The quantitative estimate of drug-likeness (QED) is 0.0127. The molecule has 354 valence electrons. The summed E-state index contributed by atoms with van der Waals surface area (Å²) >= 11 is 0. The molecule has 0 aromatic heterocycles. The number of phosphoric acid groups is 2. The molecule has 0 aliphatic carbocycles. The van der Waals surface area contributed by atoms with Crippen LogP contribution in [0, 0.1) is 0 Å². The van der Waals surface area contributed by atoms with Gasteiger partial charge >= 0.3 is 27.6 Å². The van der Waals surface area contributed by atoms with Crippen LogP contribution < -0.4 is 0 Å². The zero-order valence-corrected chi connectivity index (χ0v) is 38.5. The highest BCUT2D eigenvalue weighted by Crippen LogP contribution is 2.45. The van der Waals surface area contributed by atoms with E-state index in [0.29, 0.717) is 19.3 Å². The summed E-state index contributed by atoms with van der Waals surface area (Å²) in [7, 11) is -9.60. The standard InChI is InChI=1S/C45H74O15P2/c1-3-5-7-9-11-13-15-17-18-19-20-22-24-26-28-30-32-34-45(50)56-36-42(47)38-58-62(53,54)60-40-43(48)39-59-61(51,52)57-37-41(46)35-55-44(49)33-31-29-27-25-23-21-16-14-12-10-8-6-4-2/h5-8,10-14,16-18,20,22,26,28,41-43,46-48H,3-4,9,15,19,21,23-25,27,29-40H2,1-2H3,(H,51,52)(H,53,54)/b7-5-,8-6+,12-10+,13-11-,16-14-,18-17-,22-20-,28-26-. The second-order valence-corrected chi connectivity index (χ2v) is 16.9. The van der Waals surface area contributed by atoms with Crippen LogP contribution in [0.15, 0.2) is 97.2 Å². The van der Waals surface area contributed by atoms with E-state index in [1.807, 2.05) is 36.5 Å². The summed E-state index contributed by atoms with van der Waals surface area (Å²) in [6.45, 7) is 0.0275. The highest BCUT2D eigenvalue weighted by molar-refractivity contribution is 7.47. The van der Waals surface area contributed by atoms with Gasteiger partial charge in [-0.2, -0.15) is 0 Å². The Balaban J connectivity index is 4.02. The molecule has 0 aromatic rings. The minimum atomic E-state index is -4.80. The van der Waals surface area contributed by atoms with Crippen molar-refractivity contribution in [3.63, 3.8) is 0 Å². The molecule has 0 saturated carbocycles. The normalized spacial score (nSPS) is 16.2. The number of allylic oxidation sites excluding steroid dienone is 16. The van der Waals surface area contributed by atoms with Gasteiger partial charge in [-0.1, -0.05) is 130 Å². The van der Waals surface area contributed by atoms with Gasteiger partial charge < -0.3 is 34.6 Å². The van der Waals surface area contributed by atoms with Crippen LogP contribution >= 0.6 is 15.6 Å². The Morgan fingerprint density at radius 3 is 1.26 bits per heavy atom. The highest BCUT2D eigenvalue weighted by atomic mass is 31.2. The third kappa shape index (κ3) is 42.3. The molecule has 0 radical (unpaired) electrons. The average Bonchev–Trinajstić information content (AvgIpc) is 3.24. The third-order valence-electron chi connectivity index (χ3n) is 8.10. The molecule has 0 bridgehead atoms. The Labute approximate surface area is 369 Å². The number of phosphoric ester groups is 2. The summed E-state index contributed by atoms with van der Waals surface area (Å²) < 4.78 is 52.8. The minimum absolute atomic E-state index is 0.113. The summed E-state index contributed by atoms with van der Waals surface area (Å²) in [5.74, 6) is -1.08. The van der Waals surface area contributed by atoms with E-state index in [1.165, 1.54) is 0 Å². The van der Waals surface area contributed by atoms with E-state index in [4.69, 9.17) is 9.47 Å². The van der Waals surface area contributed by atoms with Crippen LogP contribution in [0.25, 0.3) is 0 Å². The molecule has 5 N–H and O–H groups in total. The van der Waals surface area contributed by atoms with Crippen LogP contribution in [-0.2, 0) is 46.3 Å². The van der Waals surface area contributed by atoms with Crippen molar-refractivity contribution >= 4 is 27.6 Å². The summed E-state index contributed by atoms with van der Waals surface area (Å²) in [5.41, 5.74) is 0. The van der Waals surface area contributed by atoms with E-state index in [9.17, 15) is 43.8 Å². The largest absolute Gasteiger partial charge is 0.472 e. The summed E-state index contributed by atoms with van der Waals surface area (Å²) in [6, 6.07) is 0. The topological polar surface area (TPSA) is 225 Å². The smallest absolute Gasteiger partial charge is 0.463 e. The van der Waals surface area contributed by atoms with Crippen LogP contribution in [0.1, 0.15) is 117 Å². The van der Waals surface area contributed by atoms with Gasteiger partial charge in [0, 0.05) is 12.8 Å². The Bertz CT molecular complexity index is 1480. The first kappa shape index (κ1) is 59.0. The molecule has 0 heterocycles. The lowest BCUT2D eigenvalue weighted by Crippen LogP contribution is -2.25. The minimum Gasteiger partial charge on any atom is -0.463 e. The molecule has 0 amide bonds. The van der Waals surface area contributed by atoms with E-state index in [0.717, 1.165) is 70.6 Å². The molecule has 0 saturated heterocycles. The van der Waals surface area contributed by atoms with Gasteiger partial charge in [-0.25, -0.2) is 9.13 Å². The molecule has 0 spiro atoms. The molecule has 5 atom stereocenters. The van der Waals surface area contributed by atoms with Crippen molar-refractivity contribution in [2.24, 2.45) is 0 Å². The van der Waals surface area contributed by atoms with Crippen molar-refractivity contribution in [2.75, 3.05) is 39.6 Å². The molecule has 0 aliphatic rings. The van der Waals surface area contributed by atoms with Crippen LogP contribution in [0.2, 0.25) is 0 Å². The van der Waals surface area contributed by atoms with Crippen LogP contribution in [0.3, 0.4) is 0 Å². The zero-order chi connectivity index (χ0) is 46.0. The fraction of sp³-hybridized carbons (Fsp3) is 0.600. The van der Waals surface area contributed by atoms with Gasteiger partial charge in [0.15, 0.2) is 0 Å². The average molecular weight is 917 g/mol. The highest BCUT2D eigenvalue weighted by Gasteiger charge is 2.28. The van der Waals surface area contributed by atoms with E-state index >= 15 is 0 Å². The third-order valence-corrected chi connectivity index (χ3v) is 10.00. The van der Waals surface area contributed by atoms with E-state index in [2.05, 4.69) is 92.7 Å². The number of esters is 2. The Hall–Kier alpha value is -3.04. The number of carbonyl (C=O) groups excluding carboxylic acids is 2. The molecule has 0 aliphatic heterocycles. The van der Waals surface area contributed by atoms with Crippen molar-refractivity contribution in [2.45, 2.75) is 135 Å². The van der Waals surface area contributed by atoms with Gasteiger partial charge in [0.1, 0.15) is 31.5 Å². The first-order valence-electron chi connectivity index (χ1n) is 21.6. The summed E-state index contributed by atoms with van der Waals surface area (Å²) in [4.78, 5) is 43.6. The molecular formula is C45H74O15P2. The number of hydrogen-bond donors (Lipinski definition) is 5. The molecule has 62 heavy (non-hydrogen) atoms. The van der Waals surface area contributed by atoms with E-state index < -0.39 is 85.5 Å². The number of hydrogen-bond acceptors (Lipinski definition) is 13. The maximum Gasteiger partial charge on any atom is 0.472 e. The predicted octanol–water partition coefficient (Wildman–Crippen LogP) is 9.15. The molecule has 5 unspecified atom stereocenters. The monoisotopic (exact) mass is 916 g/mol. The Morgan fingerprint density at radius 2 is 0.790 bits per heavy atom. The lowest BCUT2D eigenvalue weighted by molar-refractivity contribution is -0.148. The predicted molar refractivity (Wildman–Crippen MR) is 242 cm³/mol. The SMILES string of the molecule is CC/C=C\C/C=C\C/C=C\C/C=C\C/C=C\CCCC(=O)OCC(O)COP(=O)(O)OCC(O)COP(=O)(O)OCC(O)COC(=O)CCCCCCC\C=C/C=C/C=C/CC. The first-order chi connectivity index (χ1) is 29.8. The Kier molecular flexibility index (Phi) is 38.7. The number of aliphatic hydroxyl groups is 3. The van der Waals surface area contributed by atoms with E-state index in [1.54, 1.807) is 0 Å². The molecule has 0 fully saturated rings. The molecule has 17 heteroatoms. The zero-order valence-electron chi connectivity index (χ0n) is 36.7. The first-order valence-corrected chi connectivity index (χ1v) is 24.6. The maximum absolute atomic E-state index is 12.1. The van der Waals surface area contributed by atoms with Crippen LogP contribution in [0.5, 0.6) is 0 Å². The van der Waals surface area contributed by atoms with Gasteiger partial charge in [0.05, 0.1) is 26.4 Å². The van der Waals surface area contributed by atoms with Gasteiger partial charge in [0.25, 0.3) is 0 Å².